The van der Waals surface area contributed by atoms with Gasteiger partial charge >= 0.3 is 0 Å². The minimum atomic E-state index is 0.263. The number of hydroxylamine groups is 1. The first-order valence-corrected chi connectivity index (χ1v) is 4.38. The first-order valence-electron chi connectivity index (χ1n) is 4.01. The van der Waals surface area contributed by atoms with Crippen LogP contribution in [-0.2, 0) is 6.54 Å². The van der Waals surface area contributed by atoms with Gasteiger partial charge in [-0.3, -0.25) is 0 Å². The van der Waals surface area contributed by atoms with E-state index in [0.717, 1.165) is 5.56 Å². The molecule has 0 bridgehead atoms. The second-order valence-electron chi connectivity index (χ2n) is 2.61. The molecule has 0 saturated carbocycles. The Morgan fingerprint density at radius 3 is 2.57 bits per heavy atom. The summed E-state index contributed by atoms with van der Waals surface area (Å²) >= 11 is 6.02. The molecule has 1 aromatic carbocycles. The molecule has 0 aliphatic heterocycles. The van der Waals surface area contributed by atoms with E-state index in [0.29, 0.717) is 16.5 Å². The van der Waals surface area contributed by atoms with Crippen molar-refractivity contribution in [3.8, 4) is 11.5 Å². The van der Waals surface area contributed by atoms with Crippen LogP contribution >= 0.6 is 11.6 Å². The van der Waals surface area contributed by atoms with Gasteiger partial charge in [0.15, 0.2) is 11.5 Å². The third-order valence-corrected chi connectivity index (χ3v) is 2.25. The lowest BCUT2D eigenvalue weighted by Crippen LogP contribution is -2.07. The third-order valence-electron chi connectivity index (χ3n) is 1.83. The molecule has 0 radical (unpaired) electrons. The van der Waals surface area contributed by atoms with Gasteiger partial charge in [0.05, 0.1) is 19.2 Å². The zero-order chi connectivity index (χ0) is 10.6. The number of methoxy groups -OCH3 is 2. The smallest absolute Gasteiger partial charge is 0.179 e. The van der Waals surface area contributed by atoms with Crippen molar-refractivity contribution < 1.29 is 14.7 Å². The summed E-state index contributed by atoms with van der Waals surface area (Å²) in [5.41, 5.74) is 2.78. The molecule has 5 heteroatoms. The summed E-state index contributed by atoms with van der Waals surface area (Å²) in [5.74, 6) is 1.04. The van der Waals surface area contributed by atoms with E-state index in [4.69, 9.17) is 26.3 Å². The van der Waals surface area contributed by atoms with Gasteiger partial charge in [0.25, 0.3) is 0 Å². The largest absolute Gasteiger partial charge is 0.493 e. The Balaban J connectivity index is 3.13. The van der Waals surface area contributed by atoms with Crippen molar-refractivity contribution in [2.45, 2.75) is 6.54 Å². The zero-order valence-electron chi connectivity index (χ0n) is 8.00. The first-order chi connectivity index (χ1) is 6.74. The van der Waals surface area contributed by atoms with Gasteiger partial charge in [-0.25, -0.2) is 5.48 Å². The van der Waals surface area contributed by atoms with E-state index in [-0.39, 0.29) is 6.54 Å². The molecule has 1 rings (SSSR count). The van der Waals surface area contributed by atoms with Crippen LogP contribution in [0.15, 0.2) is 12.1 Å². The van der Waals surface area contributed by atoms with Gasteiger partial charge in [0, 0.05) is 6.54 Å². The number of halogens is 1. The molecule has 0 unspecified atom stereocenters. The molecule has 2 N–H and O–H groups in total. The summed E-state index contributed by atoms with van der Waals surface area (Å²) in [6, 6.07) is 3.49. The lowest BCUT2D eigenvalue weighted by Gasteiger charge is -2.11. The molecule has 0 fully saturated rings. The van der Waals surface area contributed by atoms with Crippen molar-refractivity contribution in [1.29, 1.82) is 0 Å². The summed E-state index contributed by atoms with van der Waals surface area (Å²) in [6.45, 7) is 0.263. The predicted molar refractivity (Wildman–Crippen MR) is 53.2 cm³/mol. The fraction of sp³-hybridized carbons (Fsp3) is 0.333. The van der Waals surface area contributed by atoms with E-state index in [2.05, 4.69) is 0 Å². The van der Waals surface area contributed by atoms with Crippen molar-refractivity contribution in [2.24, 2.45) is 0 Å². The quantitative estimate of drug-likeness (QED) is 0.756. The van der Waals surface area contributed by atoms with Crippen LogP contribution in [0, 0.1) is 0 Å². The Labute approximate surface area is 87.4 Å². The van der Waals surface area contributed by atoms with Crippen LogP contribution in [0.25, 0.3) is 0 Å². The molecule has 0 heterocycles. The standard InChI is InChI=1S/C9H12ClNO3/c1-13-7-4-3-6(5-11-12)8(10)9(7)14-2/h3-4,11-12H,5H2,1-2H3. The molecular formula is C9H12ClNO3. The highest BCUT2D eigenvalue weighted by molar-refractivity contribution is 6.33. The average molecular weight is 218 g/mol. The molecule has 0 amide bonds. The van der Waals surface area contributed by atoms with Gasteiger partial charge in [-0.05, 0) is 11.6 Å². The summed E-state index contributed by atoms with van der Waals surface area (Å²) < 4.78 is 10.1. The van der Waals surface area contributed by atoms with Crippen LogP contribution in [0.2, 0.25) is 5.02 Å². The summed E-state index contributed by atoms with van der Waals surface area (Å²) in [4.78, 5) is 0. The Morgan fingerprint density at radius 2 is 2.07 bits per heavy atom. The van der Waals surface area contributed by atoms with E-state index in [1.807, 2.05) is 5.48 Å². The van der Waals surface area contributed by atoms with Crippen LogP contribution in [0.4, 0.5) is 0 Å². The Morgan fingerprint density at radius 1 is 1.36 bits per heavy atom. The van der Waals surface area contributed by atoms with Gasteiger partial charge in [0.2, 0.25) is 0 Å². The molecule has 0 aliphatic carbocycles. The fourth-order valence-electron chi connectivity index (χ4n) is 1.15. The van der Waals surface area contributed by atoms with E-state index in [9.17, 15) is 0 Å². The molecule has 14 heavy (non-hydrogen) atoms. The number of hydrogen-bond acceptors (Lipinski definition) is 4. The zero-order valence-corrected chi connectivity index (χ0v) is 8.76. The van der Waals surface area contributed by atoms with Gasteiger partial charge in [-0.15, -0.1) is 0 Å². The number of ether oxygens (including phenoxy) is 2. The van der Waals surface area contributed by atoms with Gasteiger partial charge in [-0.1, -0.05) is 17.7 Å². The second-order valence-corrected chi connectivity index (χ2v) is 2.99. The Bertz CT molecular complexity index is 317. The normalized spacial score (nSPS) is 10.0. The number of rotatable bonds is 4. The van der Waals surface area contributed by atoms with E-state index >= 15 is 0 Å². The molecule has 0 aliphatic rings. The van der Waals surface area contributed by atoms with Crippen LogP contribution in [-0.4, -0.2) is 19.4 Å². The molecule has 4 nitrogen and oxygen atoms in total. The lowest BCUT2D eigenvalue weighted by atomic mass is 10.2. The minimum absolute atomic E-state index is 0.263. The number of nitrogens with one attached hydrogen (secondary N) is 1. The van der Waals surface area contributed by atoms with Crippen molar-refractivity contribution in [2.75, 3.05) is 14.2 Å². The van der Waals surface area contributed by atoms with Crippen molar-refractivity contribution in [3.05, 3.63) is 22.7 Å². The number of benzene rings is 1. The molecule has 78 valence electrons. The topological polar surface area (TPSA) is 50.7 Å². The molecule has 0 atom stereocenters. The minimum Gasteiger partial charge on any atom is -0.493 e. The maximum absolute atomic E-state index is 8.55. The van der Waals surface area contributed by atoms with Crippen LogP contribution < -0.4 is 15.0 Å². The Hall–Kier alpha value is -0.970. The summed E-state index contributed by atoms with van der Waals surface area (Å²) in [5, 5.41) is 8.99. The molecule has 0 spiro atoms. The Kier molecular flexibility index (Phi) is 4.00. The lowest BCUT2D eigenvalue weighted by molar-refractivity contribution is 0.161. The van der Waals surface area contributed by atoms with Crippen LogP contribution in [0.1, 0.15) is 5.56 Å². The van der Waals surface area contributed by atoms with Crippen molar-refractivity contribution in [1.82, 2.24) is 5.48 Å². The highest BCUT2D eigenvalue weighted by atomic mass is 35.5. The summed E-state index contributed by atoms with van der Waals surface area (Å²) in [7, 11) is 3.05. The monoisotopic (exact) mass is 217 g/mol. The number of hydrogen-bond donors (Lipinski definition) is 2. The third kappa shape index (κ3) is 2.09. The molecule has 0 aromatic heterocycles. The average Bonchev–Trinajstić information content (AvgIpc) is 2.21. The van der Waals surface area contributed by atoms with Gasteiger partial charge in [0.1, 0.15) is 0 Å². The van der Waals surface area contributed by atoms with E-state index in [1.54, 1.807) is 12.1 Å². The second kappa shape index (κ2) is 5.05. The van der Waals surface area contributed by atoms with Crippen molar-refractivity contribution in [3.63, 3.8) is 0 Å². The predicted octanol–water partition coefficient (Wildman–Crippen LogP) is 1.84. The summed E-state index contributed by atoms with van der Waals surface area (Å²) in [6.07, 6.45) is 0. The maximum Gasteiger partial charge on any atom is 0.179 e. The highest BCUT2D eigenvalue weighted by Gasteiger charge is 2.12. The first kappa shape index (κ1) is 11.1. The van der Waals surface area contributed by atoms with Crippen molar-refractivity contribution >= 4 is 11.6 Å². The van der Waals surface area contributed by atoms with E-state index in [1.165, 1.54) is 14.2 Å². The maximum atomic E-state index is 8.55. The fourth-order valence-corrected chi connectivity index (χ4v) is 1.45. The van der Waals surface area contributed by atoms with Gasteiger partial charge in [-0.2, -0.15) is 0 Å². The van der Waals surface area contributed by atoms with Crippen LogP contribution in [0.3, 0.4) is 0 Å². The molecule has 1 aromatic rings. The SMILES string of the molecule is COc1ccc(CNO)c(Cl)c1OC. The molecular weight excluding hydrogens is 206 g/mol. The van der Waals surface area contributed by atoms with E-state index < -0.39 is 0 Å². The van der Waals surface area contributed by atoms with Gasteiger partial charge < -0.3 is 14.7 Å². The highest BCUT2D eigenvalue weighted by Crippen LogP contribution is 2.37. The van der Waals surface area contributed by atoms with Crippen LogP contribution in [0.5, 0.6) is 11.5 Å². The molecule has 0 saturated heterocycles.